The molecule has 0 saturated heterocycles. The molecule has 1 aromatic heterocycles. The quantitative estimate of drug-likeness (QED) is 0.280. The minimum Gasteiger partial charge on any atom is -0.383 e. The molecule has 9 nitrogen and oxygen atoms in total. The smallest absolute Gasteiger partial charge is 0.249 e. The number of likely N-dealkylation sites (N-methyl/N-ethyl adjacent to an activating group) is 1. The first kappa shape index (κ1) is 26.3. The maximum Gasteiger partial charge on any atom is 0.249 e. The molecule has 4 bridgehead atoms. The minimum atomic E-state index is -2.26. The summed E-state index contributed by atoms with van der Waals surface area (Å²) in [5.41, 5.74) is 9.58. The van der Waals surface area contributed by atoms with Crippen molar-refractivity contribution >= 4 is 50.9 Å². The summed E-state index contributed by atoms with van der Waals surface area (Å²) in [6, 6.07) is 19.3. The van der Waals surface area contributed by atoms with Crippen LogP contribution in [0.15, 0.2) is 77.8 Å². The summed E-state index contributed by atoms with van der Waals surface area (Å²) in [6.07, 6.45) is 3.36. The summed E-state index contributed by atoms with van der Waals surface area (Å²) in [7, 11) is 1.65. The molecule has 2 atom stereocenters. The van der Waals surface area contributed by atoms with Gasteiger partial charge in [-0.05, 0) is 77.4 Å². The number of aromatic nitrogens is 1. The molecule has 0 fully saturated rings. The fourth-order valence-electron chi connectivity index (χ4n) is 4.80. The monoisotopic (exact) mass is 543 g/mol. The van der Waals surface area contributed by atoms with Gasteiger partial charge >= 0.3 is 0 Å². The van der Waals surface area contributed by atoms with Crippen LogP contribution in [0.4, 0.5) is 17.2 Å². The van der Waals surface area contributed by atoms with Crippen molar-refractivity contribution in [1.29, 1.82) is 0 Å². The van der Waals surface area contributed by atoms with Gasteiger partial charge in [-0.2, -0.15) is 0 Å². The van der Waals surface area contributed by atoms with Crippen LogP contribution < -0.4 is 16.4 Å². The van der Waals surface area contributed by atoms with Gasteiger partial charge < -0.3 is 25.8 Å². The fraction of sp³-hybridized carbons (Fsp3) is 0.207. The van der Waals surface area contributed by atoms with Crippen molar-refractivity contribution in [3.63, 3.8) is 0 Å². The van der Waals surface area contributed by atoms with E-state index in [1.54, 1.807) is 25.4 Å². The van der Waals surface area contributed by atoms with Crippen LogP contribution in [-0.4, -0.2) is 37.5 Å². The summed E-state index contributed by atoms with van der Waals surface area (Å²) in [5, 5.41) is 7.96. The number of amides is 2. The third-order valence-corrected chi connectivity index (χ3v) is 7.63. The molecule has 0 saturated carbocycles. The number of fused-ring (bicyclic) bond motifs is 10. The van der Waals surface area contributed by atoms with E-state index >= 15 is 0 Å². The average molecular weight is 544 g/mol. The Kier molecular flexibility index (Phi) is 7.58. The van der Waals surface area contributed by atoms with Gasteiger partial charge in [0.1, 0.15) is 11.9 Å². The molecule has 39 heavy (non-hydrogen) atoms. The van der Waals surface area contributed by atoms with Crippen LogP contribution >= 0.6 is 0 Å². The summed E-state index contributed by atoms with van der Waals surface area (Å²) >= 11 is -2.26. The SMILES string of the molecule is CN1Cc2cc(ccc2S(=O)O)NC(=O)CCCc2ccc(cc2)[C@@H](Nc2ccc3c(N)nccc3c2)C1=O. The zero-order chi connectivity index (χ0) is 27.5. The summed E-state index contributed by atoms with van der Waals surface area (Å²) < 4.78 is 21.9. The number of nitrogens with one attached hydrogen (secondary N) is 2. The molecule has 200 valence electrons. The van der Waals surface area contributed by atoms with Gasteiger partial charge in [0.05, 0.1) is 4.90 Å². The number of rotatable bonds is 3. The van der Waals surface area contributed by atoms with Crippen molar-refractivity contribution in [3.05, 3.63) is 89.6 Å². The third kappa shape index (κ3) is 5.92. The number of hydrogen-bond donors (Lipinski definition) is 4. The first-order valence-corrected chi connectivity index (χ1v) is 13.7. The number of carbonyl (C=O) groups excluding carboxylic acids is 2. The topological polar surface area (TPSA) is 138 Å². The van der Waals surface area contributed by atoms with E-state index in [0.29, 0.717) is 36.3 Å². The molecular weight excluding hydrogens is 514 g/mol. The molecule has 3 aromatic carbocycles. The molecule has 1 unspecified atom stereocenters. The predicted molar refractivity (Wildman–Crippen MR) is 152 cm³/mol. The predicted octanol–water partition coefficient (Wildman–Crippen LogP) is 4.48. The first-order chi connectivity index (χ1) is 18.8. The normalized spacial score (nSPS) is 17.2. The molecule has 4 aromatic rings. The molecular formula is C29H29N5O4S. The molecule has 3 heterocycles. The lowest BCUT2D eigenvalue weighted by molar-refractivity contribution is -0.131. The van der Waals surface area contributed by atoms with E-state index in [-0.39, 0.29) is 23.3 Å². The van der Waals surface area contributed by atoms with Gasteiger partial charge in [-0.25, -0.2) is 9.19 Å². The van der Waals surface area contributed by atoms with Crippen molar-refractivity contribution in [2.24, 2.45) is 0 Å². The zero-order valence-electron chi connectivity index (χ0n) is 21.4. The number of anilines is 3. The number of aryl methyl sites for hydroxylation is 1. The van der Waals surface area contributed by atoms with Gasteiger partial charge in [-0.3, -0.25) is 9.59 Å². The maximum absolute atomic E-state index is 13.9. The van der Waals surface area contributed by atoms with E-state index in [2.05, 4.69) is 15.6 Å². The Labute approximate surface area is 228 Å². The van der Waals surface area contributed by atoms with Gasteiger partial charge in [-0.1, -0.05) is 24.3 Å². The van der Waals surface area contributed by atoms with Gasteiger partial charge in [-0.15, -0.1) is 0 Å². The second-order valence-electron chi connectivity index (χ2n) is 9.62. The van der Waals surface area contributed by atoms with Gasteiger partial charge in [0.2, 0.25) is 11.8 Å². The van der Waals surface area contributed by atoms with Crippen LogP contribution in [0.25, 0.3) is 10.8 Å². The van der Waals surface area contributed by atoms with Crippen LogP contribution in [0, 0.1) is 0 Å². The van der Waals surface area contributed by atoms with Crippen molar-refractivity contribution in [3.8, 4) is 0 Å². The summed E-state index contributed by atoms with van der Waals surface area (Å²) in [6.45, 7) is 0.0698. The van der Waals surface area contributed by atoms with Crippen LogP contribution in [0.3, 0.4) is 0 Å². The lowest BCUT2D eigenvalue weighted by atomic mass is 10.00. The second-order valence-corrected chi connectivity index (χ2v) is 10.6. The lowest BCUT2D eigenvalue weighted by Gasteiger charge is -2.27. The largest absolute Gasteiger partial charge is 0.383 e. The second kappa shape index (κ2) is 11.2. The molecule has 2 aliphatic heterocycles. The van der Waals surface area contributed by atoms with E-state index in [4.69, 9.17) is 5.73 Å². The average Bonchev–Trinajstić information content (AvgIpc) is 2.91. The van der Waals surface area contributed by atoms with Gasteiger partial charge in [0.25, 0.3) is 0 Å². The standard InChI is InChI=1S/C29H29N5O4S/c1-34-17-21-16-22(10-12-25(21)39(37)38)32-26(35)4-2-3-18-5-7-19(8-6-18)27(29(34)36)33-23-9-11-24-20(15-23)13-14-31-28(24)30/h5-16,27,33H,2-4,17H2,1H3,(H2,30,31)(H,32,35)(H,37,38)/t27-/m1/s1. The highest BCUT2D eigenvalue weighted by Crippen LogP contribution is 2.28. The Morgan fingerprint density at radius 3 is 2.62 bits per heavy atom. The summed E-state index contributed by atoms with van der Waals surface area (Å²) in [5.74, 6) is 0.0723. The zero-order valence-corrected chi connectivity index (χ0v) is 22.2. The van der Waals surface area contributed by atoms with Gasteiger partial charge in [0.15, 0.2) is 11.1 Å². The minimum absolute atomic E-state index is 0.0698. The Morgan fingerprint density at radius 1 is 1.05 bits per heavy atom. The Hall–Kier alpha value is -4.28. The number of nitrogens with zero attached hydrogens (tertiary/aromatic N) is 2. The molecule has 5 N–H and O–H groups in total. The van der Waals surface area contributed by atoms with E-state index in [9.17, 15) is 18.4 Å². The molecule has 2 amide bonds. The van der Waals surface area contributed by atoms with Gasteiger partial charge in [0, 0.05) is 43.0 Å². The number of hydrogen-bond acceptors (Lipinski definition) is 6. The third-order valence-electron chi connectivity index (χ3n) is 6.85. The highest BCUT2D eigenvalue weighted by molar-refractivity contribution is 7.79. The van der Waals surface area contributed by atoms with Crippen molar-refractivity contribution in [2.75, 3.05) is 23.4 Å². The highest BCUT2D eigenvalue weighted by atomic mass is 32.2. The highest BCUT2D eigenvalue weighted by Gasteiger charge is 2.26. The first-order valence-electron chi connectivity index (χ1n) is 12.6. The van der Waals surface area contributed by atoms with Crippen LogP contribution in [-0.2, 0) is 33.6 Å². The maximum atomic E-state index is 13.9. The Balaban J connectivity index is 1.53. The number of nitrogens with two attached hydrogens (primary N) is 1. The van der Waals surface area contributed by atoms with Crippen molar-refractivity contribution in [1.82, 2.24) is 9.88 Å². The van der Waals surface area contributed by atoms with Crippen molar-refractivity contribution in [2.45, 2.75) is 36.7 Å². The molecule has 0 spiro atoms. The number of nitrogen functional groups attached to an aromatic ring is 1. The summed E-state index contributed by atoms with van der Waals surface area (Å²) in [4.78, 5) is 32.2. The number of pyridine rings is 1. The van der Waals surface area contributed by atoms with E-state index in [1.807, 2.05) is 48.5 Å². The Bertz CT molecular complexity index is 1570. The number of carbonyl (C=O) groups is 2. The van der Waals surface area contributed by atoms with Crippen molar-refractivity contribution < 1.29 is 18.4 Å². The number of benzene rings is 3. The molecule has 0 radical (unpaired) electrons. The Morgan fingerprint density at radius 2 is 1.85 bits per heavy atom. The van der Waals surface area contributed by atoms with E-state index < -0.39 is 17.1 Å². The molecule has 0 aliphatic carbocycles. The van der Waals surface area contributed by atoms with E-state index in [1.165, 1.54) is 11.0 Å². The lowest BCUT2D eigenvalue weighted by Crippen LogP contribution is -2.35. The van der Waals surface area contributed by atoms with E-state index in [0.717, 1.165) is 27.6 Å². The molecule has 2 aliphatic rings. The molecule has 10 heteroatoms. The van der Waals surface area contributed by atoms with Crippen LogP contribution in [0.2, 0.25) is 0 Å². The molecule has 6 rings (SSSR count). The fourth-order valence-corrected chi connectivity index (χ4v) is 5.34. The van der Waals surface area contributed by atoms with Crippen LogP contribution in [0.5, 0.6) is 0 Å². The van der Waals surface area contributed by atoms with Crippen LogP contribution in [0.1, 0.15) is 35.6 Å².